The molecule has 0 bridgehead atoms. The highest BCUT2D eigenvalue weighted by Crippen LogP contribution is 2.29. The third-order valence-corrected chi connectivity index (χ3v) is 4.44. The van der Waals surface area contributed by atoms with Crippen LogP contribution in [0.1, 0.15) is 25.7 Å². The molecule has 0 heteroatoms. The summed E-state index contributed by atoms with van der Waals surface area (Å²) in [6, 6.07) is 0. The first-order valence-electron chi connectivity index (χ1n) is 8.95. The lowest BCUT2D eigenvalue weighted by Gasteiger charge is -2.19. The van der Waals surface area contributed by atoms with Gasteiger partial charge in [-0.3, -0.25) is 0 Å². The Morgan fingerprint density at radius 1 is 1.04 bits per heavy atom. The molecule has 0 spiro atoms. The Hall–Kier alpha value is -2.60. The molecule has 0 N–H and O–H groups in total. The third-order valence-electron chi connectivity index (χ3n) is 4.44. The van der Waals surface area contributed by atoms with E-state index in [4.69, 9.17) is 0 Å². The first-order valence-corrected chi connectivity index (χ1v) is 8.95. The van der Waals surface area contributed by atoms with Crippen molar-refractivity contribution in [1.82, 2.24) is 0 Å². The van der Waals surface area contributed by atoms with Crippen LogP contribution in [0.15, 0.2) is 121 Å². The van der Waals surface area contributed by atoms with Gasteiger partial charge in [0, 0.05) is 5.92 Å². The molecule has 0 radical (unpaired) electrons. The van der Waals surface area contributed by atoms with E-state index < -0.39 is 0 Å². The fourth-order valence-electron chi connectivity index (χ4n) is 3.00. The van der Waals surface area contributed by atoms with E-state index in [1.54, 1.807) is 6.08 Å². The van der Waals surface area contributed by atoms with Gasteiger partial charge >= 0.3 is 0 Å². The largest absolute Gasteiger partial charge is 0.0990 e. The highest BCUT2D eigenvalue weighted by molar-refractivity contribution is 5.40. The predicted molar refractivity (Wildman–Crippen MR) is 112 cm³/mol. The minimum absolute atomic E-state index is 0.538. The van der Waals surface area contributed by atoms with Gasteiger partial charge in [0.15, 0.2) is 0 Å². The maximum Gasteiger partial charge on any atom is 0.00526 e. The van der Waals surface area contributed by atoms with Crippen LogP contribution in [0.2, 0.25) is 0 Å². The molecule has 0 aromatic heterocycles. The van der Waals surface area contributed by atoms with Gasteiger partial charge in [-0.25, -0.2) is 0 Å². The minimum Gasteiger partial charge on any atom is -0.0990 e. The molecule has 0 heterocycles. The number of allylic oxidation sites excluding steroid dienone is 17. The Labute approximate surface area is 153 Å². The van der Waals surface area contributed by atoms with Crippen molar-refractivity contribution < 1.29 is 0 Å². The molecule has 0 aliphatic heterocycles. The monoisotopic (exact) mass is 328 g/mol. The second-order valence-corrected chi connectivity index (χ2v) is 6.25. The molecule has 25 heavy (non-hydrogen) atoms. The van der Waals surface area contributed by atoms with Gasteiger partial charge in [-0.2, -0.15) is 0 Å². The van der Waals surface area contributed by atoms with Crippen molar-refractivity contribution in [3.63, 3.8) is 0 Å². The van der Waals surface area contributed by atoms with Crippen molar-refractivity contribution >= 4 is 0 Å². The molecule has 0 saturated heterocycles. The van der Waals surface area contributed by atoms with Gasteiger partial charge in [0.1, 0.15) is 0 Å². The SMILES string of the molecule is C=CC=C(C=C)C=CC=C(C=C)CC1=CCC(C2=CCCC=C2)C=C1. The molecule has 0 fully saturated rings. The van der Waals surface area contributed by atoms with Crippen molar-refractivity contribution in [3.8, 4) is 0 Å². The van der Waals surface area contributed by atoms with E-state index in [2.05, 4.69) is 62.3 Å². The molecular formula is C25H28. The molecule has 1 unspecified atom stereocenters. The summed E-state index contributed by atoms with van der Waals surface area (Å²) >= 11 is 0. The maximum atomic E-state index is 3.95. The first kappa shape index (κ1) is 18.7. The third kappa shape index (κ3) is 6.08. The number of hydrogen-bond donors (Lipinski definition) is 0. The van der Waals surface area contributed by atoms with E-state index in [9.17, 15) is 0 Å². The molecule has 2 rings (SSSR count). The molecule has 0 aromatic rings. The molecule has 0 saturated carbocycles. The Morgan fingerprint density at radius 3 is 2.52 bits per heavy atom. The molecule has 0 amide bonds. The molecule has 0 nitrogen and oxygen atoms in total. The second-order valence-electron chi connectivity index (χ2n) is 6.25. The Kier molecular flexibility index (Phi) is 7.72. The number of rotatable bonds is 8. The molecule has 2 aliphatic rings. The van der Waals surface area contributed by atoms with Crippen LogP contribution in [0.5, 0.6) is 0 Å². The first-order chi connectivity index (χ1) is 12.3. The topological polar surface area (TPSA) is 0 Å². The standard InChI is InChI=1S/C25H28/c1-4-11-21(5-2)12-10-13-22(6-3)20-23-16-18-25(19-17-23)24-14-8-7-9-15-24/h4-6,8,10-18,25H,1-3,7,9,19-20H2. The average Bonchev–Trinajstić information content (AvgIpc) is 2.67. The Bertz CT molecular complexity index is 711. The molecular weight excluding hydrogens is 300 g/mol. The van der Waals surface area contributed by atoms with Crippen LogP contribution in [0.25, 0.3) is 0 Å². The summed E-state index contributed by atoms with van der Waals surface area (Å²) in [6.07, 6.45) is 31.9. The van der Waals surface area contributed by atoms with Crippen molar-refractivity contribution in [1.29, 1.82) is 0 Å². The van der Waals surface area contributed by atoms with E-state index in [0.29, 0.717) is 5.92 Å². The average molecular weight is 328 g/mol. The zero-order valence-corrected chi connectivity index (χ0v) is 15.0. The quantitative estimate of drug-likeness (QED) is 0.416. The normalized spacial score (nSPS) is 21.0. The van der Waals surface area contributed by atoms with Gasteiger partial charge in [-0.05, 0) is 48.0 Å². The van der Waals surface area contributed by atoms with Crippen molar-refractivity contribution in [2.24, 2.45) is 5.92 Å². The van der Waals surface area contributed by atoms with E-state index in [0.717, 1.165) is 18.4 Å². The van der Waals surface area contributed by atoms with Gasteiger partial charge in [0.05, 0.1) is 0 Å². The zero-order chi connectivity index (χ0) is 17.9. The van der Waals surface area contributed by atoms with E-state index in [1.165, 1.54) is 29.6 Å². The smallest absolute Gasteiger partial charge is 0.00526 e. The van der Waals surface area contributed by atoms with Crippen LogP contribution in [0.3, 0.4) is 0 Å². The van der Waals surface area contributed by atoms with Crippen molar-refractivity contribution in [2.75, 3.05) is 0 Å². The fourth-order valence-corrected chi connectivity index (χ4v) is 3.00. The number of hydrogen-bond acceptors (Lipinski definition) is 0. The summed E-state index contributed by atoms with van der Waals surface area (Å²) in [6.45, 7) is 11.5. The summed E-state index contributed by atoms with van der Waals surface area (Å²) in [5.41, 5.74) is 5.08. The summed E-state index contributed by atoms with van der Waals surface area (Å²) in [4.78, 5) is 0. The van der Waals surface area contributed by atoms with Crippen LogP contribution < -0.4 is 0 Å². The van der Waals surface area contributed by atoms with E-state index >= 15 is 0 Å². The van der Waals surface area contributed by atoms with Crippen molar-refractivity contribution in [3.05, 3.63) is 121 Å². The fraction of sp³-hybridized carbons (Fsp3) is 0.200. The van der Waals surface area contributed by atoms with Gasteiger partial charge < -0.3 is 0 Å². The summed E-state index contributed by atoms with van der Waals surface area (Å²) in [5.74, 6) is 0.538. The molecule has 1 atom stereocenters. The van der Waals surface area contributed by atoms with Crippen LogP contribution in [-0.4, -0.2) is 0 Å². The van der Waals surface area contributed by atoms with Crippen molar-refractivity contribution in [2.45, 2.75) is 25.7 Å². The summed E-state index contributed by atoms with van der Waals surface area (Å²) in [7, 11) is 0. The van der Waals surface area contributed by atoms with E-state index in [1.807, 2.05) is 30.4 Å². The Morgan fingerprint density at radius 2 is 1.92 bits per heavy atom. The van der Waals surface area contributed by atoms with Gasteiger partial charge in [0.2, 0.25) is 0 Å². The lowest BCUT2D eigenvalue weighted by atomic mass is 9.86. The van der Waals surface area contributed by atoms with Crippen LogP contribution in [0.4, 0.5) is 0 Å². The molecule has 2 aliphatic carbocycles. The highest BCUT2D eigenvalue weighted by atomic mass is 14.2. The van der Waals surface area contributed by atoms with Gasteiger partial charge in [-0.1, -0.05) is 98.7 Å². The lowest BCUT2D eigenvalue weighted by molar-refractivity contribution is 0.761. The van der Waals surface area contributed by atoms with Crippen LogP contribution >= 0.6 is 0 Å². The van der Waals surface area contributed by atoms with Crippen LogP contribution in [-0.2, 0) is 0 Å². The van der Waals surface area contributed by atoms with Gasteiger partial charge in [0.25, 0.3) is 0 Å². The van der Waals surface area contributed by atoms with E-state index in [-0.39, 0.29) is 0 Å². The Balaban J connectivity index is 1.96. The predicted octanol–water partition coefficient (Wildman–Crippen LogP) is 7.12. The zero-order valence-electron chi connectivity index (χ0n) is 15.0. The summed E-state index contributed by atoms with van der Waals surface area (Å²) < 4.78 is 0. The van der Waals surface area contributed by atoms with Gasteiger partial charge in [-0.15, -0.1) is 0 Å². The molecule has 0 aromatic carbocycles. The maximum absolute atomic E-state index is 3.95. The molecule has 128 valence electrons. The minimum atomic E-state index is 0.538. The highest BCUT2D eigenvalue weighted by Gasteiger charge is 2.13. The lowest BCUT2D eigenvalue weighted by Crippen LogP contribution is -2.04. The van der Waals surface area contributed by atoms with Crippen LogP contribution in [0, 0.1) is 5.92 Å². The summed E-state index contributed by atoms with van der Waals surface area (Å²) in [5, 5.41) is 0. The second kappa shape index (κ2) is 10.3.